The second-order valence-electron chi connectivity index (χ2n) is 4.55. The van der Waals surface area contributed by atoms with Crippen LogP contribution in [0, 0.1) is 0 Å². The fourth-order valence-electron chi connectivity index (χ4n) is 1.78. The molecule has 1 unspecified atom stereocenters. The molecule has 2 rings (SSSR count). The third-order valence-electron chi connectivity index (χ3n) is 2.99. The third-order valence-corrected chi connectivity index (χ3v) is 3.24. The maximum atomic E-state index is 10.9. The van der Waals surface area contributed by atoms with Crippen LogP contribution < -0.4 is 4.84 Å². The van der Waals surface area contributed by atoms with Crippen molar-refractivity contribution in [2.24, 2.45) is 5.16 Å². The lowest BCUT2D eigenvalue weighted by Crippen LogP contribution is -2.11. The van der Waals surface area contributed by atoms with Crippen molar-refractivity contribution in [1.29, 1.82) is 0 Å². The summed E-state index contributed by atoms with van der Waals surface area (Å²) >= 11 is 5.82. The standard InChI is InChI=1S/C16H14ClNO4/c1-10(11-6-8-12(17)9-7-11)18-22-14-5-3-2-4-13(14)15(19)16(20)21/h2-9,15,19H,1H3,(H,20,21)/b18-10+. The molecule has 2 aromatic rings. The van der Waals surface area contributed by atoms with Crippen LogP contribution in [0.4, 0.5) is 0 Å². The van der Waals surface area contributed by atoms with E-state index in [1.54, 1.807) is 49.4 Å². The number of aliphatic hydroxyl groups is 1. The number of carboxylic acid groups (broad SMARTS) is 1. The molecule has 2 N–H and O–H groups in total. The fourth-order valence-corrected chi connectivity index (χ4v) is 1.91. The zero-order chi connectivity index (χ0) is 16.1. The van der Waals surface area contributed by atoms with Crippen LogP contribution in [-0.2, 0) is 4.79 Å². The number of halogens is 1. The van der Waals surface area contributed by atoms with Crippen LogP contribution in [-0.4, -0.2) is 21.9 Å². The van der Waals surface area contributed by atoms with E-state index < -0.39 is 12.1 Å². The first-order valence-electron chi connectivity index (χ1n) is 6.46. The van der Waals surface area contributed by atoms with Crippen molar-refractivity contribution in [2.75, 3.05) is 0 Å². The Labute approximate surface area is 132 Å². The zero-order valence-corrected chi connectivity index (χ0v) is 12.5. The molecule has 0 heterocycles. The van der Waals surface area contributed by atoms with Crippen molar-refractivity contribution in [1.82, 2.24) is 0 Å². The summed E-state index contributed by atoms with van der Waals surface area (Å²) in [6.45, 7) is 1.75. The highest BCUT2D eigenvalue weighted by atomic mass is 35.5. The molecule has 0 aromatic heterocycles. The van der Waals surface area contributed by atoms with Crippen molar-refractivity contribution in [3.63, 3.8) is 0 Å². The molecule has 6 heteroatoms. The Hall–Kier alpha value is -2.37. The van der Waals surface area contributed by atoms with E-state index >= 15 is 0 Å². The first kappa shape index (κ1) is 16.0. The summed E-state index contributed by atoms with van der Waals surface area (Å²) in [6, 6.07) is 13.4. The van der Waals surface area contributed by atoms with Gasteiger partial charge in [-0.3, -0.25) is 0 Å². The van der Waals surface area contributed by atoms with Gasteiger partial charge in [0.25, 0.3) is 0 Å². The zero-order valence-electron chi connectivity index (χ0n) is 11.7. The van der Waals surface area contributed by atoms with Gasteiger partial charge in [-0.2, -0.15) is 0 Å². The molecule has 0 radical (unpaired) electrons. The van der Waals surface area contributed by atoms with Crippen LogP contribution in [0.5, 0.6) is 5.75 Å². The summed E-state index contributed by atoms with van der Waals surface area (Å²) in [7, 11) is 0. The average Bonchev–Trinajstić information content (AvgIpc) is 2.52. The number of para-hydroxylation sites is 1. The Kier molecular flexibility index (Phi) is 5.14. The Balaban J connectivity index is 2.22. The van der Waals surface area contributed by atoms with Crippen LogP contribution in [0.25, 0.3) is 0 Å². The lowest BCUT2D eigenvalue weighted by molar-refractivity contribution is -0.147. The number of aliphatic hydroxyl groups excluding tert-OH is 1. The Bertz CT molecular complexity index is 698. The predicted molar refractivity (Wildman–Crippen MR) is 83.3 cm³/mol. The van der Waals surface area contributed by atoms with E-state index in [0.29, 0.717) is 10.7 Å². The molecule has 5 nitrogen and oxygen atoms in total. The van der Waals surface area contributed by atoms with Gasteiger partial charge in [0.05, 0.1) is 5.71 Å². The molecule has 0 aliphatic heterocycles. The number of benzene rings is 2. The van der Waals surface area contributed by atoms with Gasteiger partial charge in [0.1, 0.15) is 0 Å². The summed E-state index contributed by atoms with van der Waals surface area (Å²) < 4.78 is 0. The molecule has 22 heavy (non-hydrogen) atoms. The monoisotopic (exact) mass is 319 g/mol. The maximum absolute atomic E-state index is 10.9. The van der Waals surface area contributed by atoms with E-state index in [9.17, 15) is 9.90 Å². The van der Waals surface area contributed by atoms with Crippen LogP contribution in [0.15, 0.2) is 53.7 Å². The van der Waals surface area contributed by atoms with Gasteiger partial charge in [0, 0.05) is 10.6 Å². The van der Waals surface area contributed by atoms with E-state index in [1.807, 2.05) is 0 Å². The van der Waals surface area contributed by atoms with Crippen LogP contribution >= 0.6 is 11.6 Å². The van der Waals surface area contributed by atoms with E-state index in [0.717, 1.165) is 5.56 Å². The summed E-state index contributed by atoms with van der Waals surface area (Å²) in [4.78, 5) is 16.2. The Morgan fingerprint density at radius 2 is 1.82 bits per heavy atom. The second-order valence-corrected chi connectivity index (χ2v) is 4.99. The minimum Gasteiger partial charge on any atom is -0.479 e. The van der Waals surface area contributed by atoms with Gasteiger partial charge >= 0.3 is 5.97 Å². The van der Waals surface area contributed by atoms with Gasteiger partial charge in [-0.1, -0.05) is 47.1 Å². The molecule has 1 atom stereocenters. The second kappa shape index (κ2) is 7.06. The number of hydrogen-bond donors (Lipinski definition) is 2. The van der Waals surface area contributed by atoms with Gasteiger partial charge in [0.15, 0.2) is 11.9 Å². The molecular formula is C16H14ClNO4. The van der Waals surface area contributed by atoms with Gasteiger partial charge in [-0.25, -0.2) is 4.79 Å². The number of carboxylic acids is 1. The number of hydrogen-bond acceptors (Lipinski definition) is 4. The van der Waals surface area contributed by atoms with Crippen molar-refractivity contribution in [3.8, 4) is 5.75 Å². The topological polar surface area (TPSA) is 79.1 Å². The van der Waals surface area contributed by atoms with E-state index in [1.165, 1.54) is 6.07 Å². The lowest BCUT2D eigenvalue weighted by Gasteiger charge is -2.10. The first-order valence-corrected chi connectivity index (χ1v) is 6.84. The molecule has 0 fully saturated rings. The Morgan fingerprint density at radius 1 is 1.18 bits per heavy atom. The van der Waals surface area contributed by atoms with E-state index in [4.69, 9.17) is 21.5 Å². The van der Waals surface area contributed by atoms with Gasteiger partial charge in [-0.15, -0.1) is 0 Å². The summed E-state index contributed by atoms with van der Waals surface area (Å²) in [5, 5.41) is 23.1. The van der Waals surface area contributed by atoms with Gasteiger partial charge < -0.3 is 15.1 Å². The van der Waals surface area contributed by atoms with Crippen molar-refractivity contribution in [2.45, 2.75) is 13.0 Å². The smallest absolute Gasteiger partial charge is 0.337 e. The molecule has 0 bridgehead atoms. The molecule has 0 saturated carbocycles. The largest absolute Gasteiger partial charge is 0.479 e. The molecule has 114 valence electrons. The number of oxime groups is 1. The minimum atomic E-state index is -1.66. The number of carbonyl (C=O) groups is 1. The molecule has 0 aliphatic rings. The molecular weight excluding hydrogens is 306 g/mol. The van der Waals surface area contributed by atoms with Crippen molar-refractivity contribution < 1.29 is 19.8 Å². The molecule has 0 saturated heterocycles. The quantitative estimate of drug-likeness (QED) is 0.655. The van der Waals surface area contributed by atoms with E-state index in [2.05, 4.69) is 5.16 Å². The number of aliphatic carboxylic acids is 1. The van der Waals surface area contributed by atoms with E-state index in [-0.39, 0.29) is 11.3 Å². The molecule has 0 aliphatic carbocycles. The number of nitrogens with zero attached hydrogens (tertiary/aromatic N) is 1. The fraction of sp³-hybridized carbons (Fsp3) is 0.125. The summed E-state index contributed by atoms with van der Waals surface area (Å²) in [5.41, 5.74) is 1.56. The predicted octanol–water partition coefficient (Wildman–Crippen LogP) is 3.26. The average molecular weight is 320 g/mol. The normalized spacial score (nSPS) is 12.8. The first-order chi connectivity index (χ1) is 10.5. The minimum absolute atomic E-state index is 0.141. The maximum Gasteiger partial charge on any atom is 0.337 e. The molecule has 0 amide bonds. The highest BCUT2D eigenvalue weighted by Crippen LogP contribution is 2.25. The third kappa shape index (κ3) is 3.84. The van der Waals surface area contributed by atoms with Crippen LogP contribution in [0.1, 0.15) is 24.2 Å². The summed E-state index contributed by atoms with van der Waals surface area (Å²) in [6.07, 6.45) is -1.66. The van der Waals surface area contributed by atoms with Gasteiger partial charge in [-0.05, 0) is 30.7 Å². The summed E-state index contributed by atoms with van der Waals surface area (Å²) in [5.74, 6) is -1.17. The number of rotatable bonds is 5. The van der Waals surface area contributed by atoms with Crippen molar-refractivity contribution in [3.05, 3.63) is 64.7 Å². The van der Waals surface area contributed by atoms with Crippen LogP contribution in [0.3, 0.4) is 0 Å². The highest BCUT2D eigenvalue weighted by Gasteiger charge is 2.20. The lowest BCUT2D eigenvalue weighted by atomic mass is 10.1. The Morgan fingerprint density at radius 3 is 2.45 bits per heavy atom. The molecule has 2 aromatic carbocycles. The highest BCUT2D eigenvalue weighted by molar-refractivity contribution is 6.30. The van der Waals surface area contributed by atoms with Crippen molar-refractivity contribution >= 4 is 23.3 Å². The molecule has 0 spiro atoms. The van der Waals surface area contributed by atoms with Gasteiger partial charge in [0.2, 0.25) is 0 Å². The van der Waals surface area contributed by atoms with Crippen LogP contribution in [0.2, 0.25) is 5.02 Å². The SMILES string of the molecule is C/C(=N\Oc1ccccc1C(O)C(=O)O)c1ccc(Cl)cc1.